The summed E-state index contributed by atoms with van der Waals surface area (Å²) in [6, 6.07) is 13.6. The van der Waals surface area contributed by atoms with Crippen molar-refractivity contribution in [1.82, 2.24) is 9.88 Å². The number of benzene rings is 2. The molecule has 3 aromatic rings. The van der Waals surface area contributed by atoms with Crippen LogP contribution < -0.4 is 10.1 Å². The largest absolute Gasteiger partial charge is 0.497 e. The second-order valence-electron chi connectivity index (χ2n) is 7.09. The van der Waals surface area contributed by atoms with E-state index in [-0.39, 0.29) is 5.91 Å². The van der Waals surface area contributed by atoms with Gasteiger partial charge < -0.3 is 10.1 Å². The SMILES string of the molecule is COc1ccc2c(c1)CCN(Cc1csc(NC(=O)Cc3ccc(Cl)cc3)n1)C2. The number of ether oxygens (including phenoxy) is 1. The molecule has 4 rings (SSSR count). The molecule has 0 radical (unpaired) electrons. The smallest absolute Gasteiger partial charge is 0.230 e. The lowest BCUT2D eigenvalue weighted by atomic mass is 9.99. The van der Waals surface area contributed by atoms with Crippen molar-refractivity contribution in [3.8, 4) is 5.75 Å². The van der Waals surface area contributed by atoms with Crippen molar-refractivity contribution < 1.29 is 9.53 Å². The summed E-state index contributed by atoms with van der Waals surface area (Å²) in [6.07, 6.45) is 1.31. The first-order valence-electron chi connectivity index (χ1n) is 9.46. The molecule has 0 bridgehead atoms. The summed E-state index contributed by atoms with van der Waals surface area (Å²) >= 11 is 7.35. The summed E-state index contributed by atoms with van der Waals surface area (Å²) in [7, 11) is 1.70. The predicted molar refractivity (Wildman–Crippen MR) is 117 cm³/mol. The number of rotatable bonds is 6. The van der Waals surface area contributed by atoms with Crippen molar-refractivity contribution >= 4 is 34.0 Å². The molecule has 0 saturated carbocycles. The van der Waals surface area contributed by atoms with Gasteiger partial charge >= 0.3 is 0 Å². The molecule has 0 fully saturated rings. The highest BCUT2D eigenvalue weighted by molar-refractivity contribution is 7.13. The Morgan fingerprint density at radius 1 is 1.24 bits per heavy atom. The number of carbonyl (C=O) groups is 1. The molecular formula is C22H22ClN3O2S. The predicted octanol–water partition coefficient (Wildman–Crippen LogP) is 4.54. The van der Waals surface area contributed by atoms with E-state index < -0.39 is 0 Å². The Kier molecular flexibility index (Phi) is 6.13. The van der Waals surface area contributed by atoms with Crippen LogP contribution in [0.25, 0.3) is 0 Å². The number of thiazole rings is 1. The minimum absolute atomic E-state index is 0.0749. The van der Waals surface area contributed by atoms with Gasteiger partial charge in [-0.2, -0.15) is 0 Å². The van der Waals surface area contributed by atoms with Crippen LogP contribution in [0.2, 0.25) is 5.02 Å². The Morgan fingerprint density at radius 2 is 2.07 bits per heavy atom. The van der Waals surface area contributed by atoms with Crippen LogP contribution in [0.4, 0.5) is 5.13 Å². The van der Waals surface area contributed by atoms with Crippen LogP contribution in [-0.4, -0.2) is 29.4 Å². The molecule has 0 atom stereocenters. The van der Waals surface area contributed by atoms with Crippen molar-refractivity contribution in [3.63, 3.8) is 0 Å². The molecule has 1 aliphatic rings. The standard InChI is InChI=1S/C22H22ClN3O2S/c1-28-20-7-4-17-12-26(9-8-16(17)11-20)13-19-14-29-22(24-19)25-21(27)10-15-2-5-18(23)6-3-15/h2-7,11,14H,8-10,12-13H2,1H3,(H,24,25,27). The number of fused-ring (bicyclic) bond motifs is 1. The molecule has 2 aromatic carbocycles. The van der Waals surface area contributed by atoms with Gasteiger partial charge in [0, 0.05) is 30.0 Å². The van der Waals surface area contributed by atoms with Gasteiger partial charge in [-0.25, -0.2) is 4.98 Å². The van der Waals surface area contributed by atoms with E-state index in [1.54, 1.807) is 19.2 Å². The summed E-state index contributed by atoms with van der Waals surface area (Å²) in [5.41, 5.74) is 4.60. The van der Waals surface area contributed by atoms with Crippen LogP contribution in [0.1, 0.15) is 22.4 Å². The molecule has 0 unspecified atom stereocenters. The van der Waals surface area contributed by atoms with Gasteiger partial charge in [0.1, 0.15) is 5.75 Å². The molecule has 7 heteroatoms. The summed E-state index contributed by atoms with van der Waals surface area (Å²) in [6.45, 7) is 2.65. The average molecular weight is 428 g/mol. The third-order valence-electron chi connectivity index (χ3n) is 4.97. The second-order valence-corrected chi connectivity index (χ2v) is 8.39. The van der Waals surface area contributed by atoms with Crippen LogP contribution in [0.3, 0.4) is 0 Å². The molecule has 1 amide bonds. The lowest BCUT2D eigenvalue weighted by molar-refractivity contribution is -0.115. The van der Waals surface area contributed by atoms with Gasteiger partial charge in [-0.3, -0.25) is 9.69 Å². The van der Waals surface area contributed by atoms with Crippen LogP contribution in [0.5, 0.6) is 5.75 Å². The number of methoxy groups -OCH3 is 1. The first kappa shape index (κ1) is 19.9. The highest BCUT2D eigenvalue weighted by Gasteiger charge is 2.18. The summed E-state index contributed by atoms with van der Waals surface area (Å²) in [5, 5.41) is 6.21. The molecule has 1 N–H and O–H groups in total. The highest BCUT2D eigenvalue weighted by Crippen LogP contribution is 2.25. The molecule has 29 heavy (non-hydrogen) atoms. The zero-order valence-corrected chi connectivity index (χ0v) is 17.7. The van der Waals surface area contributed by atoms with E-state index in [1.165, 1.54) is 22.5 Å². The number of carbonyl (C=O) groups excluding carboxylic acids is 1. The van der Waals surface area contributed by atoms with E-state index in [0.717, 1.165) is 43.1 Å². The third kappa shape index (κ3) is 5.15. The van der Waals surface area contributed by atoms with Gasteiger partial charge in [-0.1, -0.05) is 29.8 Å². The van der Waals surface area contributed by atoms with E-state index in [4.69, 9.17) is 16.3 Å². The maximum atomic E-state index is 12.3. The Hall–Kier alpha value is -2.41. The van der Waals surface area contributed by atoms with Crippen LogP contribution in [0, 0.1) is 0 Å². The van der Waals surface area contributed by atoms with Crippen molar-refractivity contribution in [2.75, 3.05) is 19.0 Å². The van der Waals surface area contributed by atoms with E-state index in [2.05, 4.69) is 27.3 Å². The monoisotopic (exact) mass is 427 g/mol. The Labute approximate surface area is 179 Å². The van der Waals surface area contributed by atoms with E-state index >= 15 is 0 Å². The first-order valence-corrected chi connectivity index (χ1v) is 10.7. The molecular weight excluding hydrogens is 406 g/mol. The summed E-state index contributed by atoms with van der Waals surface area (Å²) < 4.78 is 5.32. The first-order chi connectivity index (χ1) is 14.1. The third-order valence-corrected chi connectivity index (χ3v) is 6.02. The van der Waals surface area contributed by atoms with Crippen LogP contribution in [-0.2, 0) is 30.7 Å². The Bertz CT molecular complexity index is 1000. The molecule has 5 nitrogen and oxygen atoms in total. The molecule has 0 saturated heterocycles. The van der Waals surface area contributed by atoms with E-state index in [9.17, 15) is 4.79 Å². The van der Waals surface area contributed by atoms with Crippen LogP contribution >= 0.6 is 22.9 Å². The number of anilines is 1. The van der Waals surface area contributed by atoms with Gasteiger partial charge in [0.2, 0.25) is 5.91 Å². The number of nitrogens with one attached hydrogen (secondary N) is 1. The topological polar surface area (TPSA) is 54.5 Å². The maximum Gasteiger partial charge on any atom is 0.230 e. The summed E-state index contributed by atoms with van der Waals surface area (Å²) in [5.74, 6) is 0.838. The number of amides is 1. The second kappa shape index (κ2) is 8.95. The van der Waals surface area contributed by atoms with Crippen molar-refractivity contribution in [2.45, 2.75) is 25.9 Å². The molecule has 150 valence electrons. The molecule has 1 aromatic heterocycles. The molecule has 0 aliphatic carbocycles. The Morgan fingerprint density at radius 3 is 2.86 bits per heavy atom. The quantitative estimate of drug-likeness (QED) is 0.627. The van der Waals surface area contributed by atoms with E-state index in [1.807, 2.05) is 23.6 Å². The van der Waals surface area contributed by atoms with Gasteiger partial charge in [-0.05, 0) is 47.4 Å². The fourth-order valence-electron chi connectivity index (χ4n) is 3.47. The number of aromatic nitrogens is 1. The van der Waals surface area contributed by atoms with Crippen molar-refractivity contribution in [3.05, 3.63) is 75.3 Å². The lowest BCUT2D eigenvalue weighted by Gasteiger charge is -2.28. The van der Waals surface area contributed by atoms with Gasteiger partial charge in [0.05, 0.1) is 19.2 Å². The van der Waals surface area contributed by atoms with Gasteiger partial charge in [0.25, 0.3) is 0 Å². The number of hydrogen-bond donors (Lipinski definition) is 1. The molecule has 2 heterocycles. The van der Waals surface area contributed by atoms with Crippen molar-refractivity contribution in [2.24, 2.45) is 0 Å². The molecule has 1 aliphatic heterocycles. The van der Waals surface area contributed by atoms with Gasteiger partial charge in [-0.15, -0.1) is 11.3 Å². The normalized spacial score (nSPS) is 13.7. The minimum Gasteiger partial charge on any atom is -0.497 e. The zero-order valence-electron chi connectivity index (χ0n) is 16.2. The van der Waals surface area contributed by atoms with Crippen LogP contribution in [0.15, 0.2) is 47.8 Å². The Balaban J connectivity index is 1.32. The zero-order chi connectivity index (χ0) is 20.2. The van der Waals surface area contributed by atoms with E-state index in [0.29, 0.717) is 16.6 Å². The highest BCUT2D eigenvalue weighted by atomic mass is 35.5. The fraction of sp³-hybridized carbons (Fsp3) is 0.273. The summed E-state index contributed by atoms with van der Waals surface area (Å²) in [4.78, 5) is 19.2. The maximum absolute atomic E-state index is 12.3. The lowest BCUT2D eigenvalue weighted by Crippen LogP contribution is -2.30. The van der Waals surface area contributed by atoms with Gasteiger partial charge in [0.15, 0.2) is 5.13 Å². The average Bonchev–Trinajstić information content (AvgIpc) is 3.15. The molecule has 0 spiro atoms. The number of hydrogen-bond acceptors (Lipinski definition) is 5. The number of nitrogens with zero attached hydrogens (tertiary/aromatic N) is 2. The minimum atomic E-state index is -0.0749. The number of halogens is 1. The van der Waals surface area contributed by atoms with Crippen molar-refractivity contribution in [1.29, 1.82) is 0 Å². The fourth-order valence-corrected chi connectivity index (χ4v) is 4.31.